The van der Waals surface area contributed by atoms with Crippen molar-refractivity contribution in [1.29, 1.82) is 0 Å². The molecule has 4 rings (SSSR count). The van der Waals surface area contributed by atoms with Crippen molar-refractivity contribution >= 4 is 34.9 Å². The normalized spacial score (nSPS) is 19.3. The number of carbonyl (C=O) groups excluding carboxylic acids is 2. The van der Waals surface area contributed by atoms with Gasteiger partial charge < -0.3 is 5.32 Å². The largest absolute Gasteiger partial charge is 0.354 e. The molecule has 2 aromatic heterocycles. The summed E-state index contributed by atoms with van der Waals surface area (Å²) in [5, 5.41) is 5.11. The summed E-state index contributed by atoms with van der Waals surface area (Å²) < 4.78 is 13.2. The third-order valence-corrected chi connectivity index (χ3v) is 5.82. The van der Waals surface area contributed by atoms with E-state index in [4.69, 9.17) is 0 Å². The van der Waals surface area contributed by atoms with Crippen LogP contribution in [0.5, 0.6) is 0 Å². The maximum Gasteiger partial charge on any atom is 0.290 e. The lowest BCUT2D eigenvalue weighted by molar-refractivity contribution is -0.115. The fraction of sp³-hybridized carbons (Fsp3) is 0.350. The van der Waals surface area contributed by atoms with Gasteiger partial charge in [0.2, 0.25) is 11.9 Å². The average molecular weight is 428 g/mol. The summed E-state index contributed by atoms with van der Waals surface area (Å²) in [5.74, 6) is 0.133. The Bertz CT molecular complexity index is 977. The van der Waals surface area contributed by atoms with Crippen molar-refractivity contribution < 1.29 is 14.0 Å². The summed E-state index contributed by atoms with van der Waals surface area (Å²) >= 11 is 0.863. The van der Waals surface area contributed by atoms with Crippen molar-refractivity contribution in [3.05, 3.63) is 52.7 Å². The van der Waals surface area contributed by atoms with Crippen LogP contribution in [0.2, 0.25) is 0 Å². The number of likely N-dealkylation sites (tertiary alicyclic amines) is 1. The highest BCUT2D eigenvalue weighted by atomic mass is 32.2. The fourth-order valence-electron chi connectivity index (χ4n) is 3.45. The summed E-state index contributed by atoms with van der Waals surface area (Å²) in [6.07, 6.45) is 5.24. The molecule has 2 aliphatic rings. The molecule has 0 radical (unpaired) electrons. The number of anilines is 1. The van der Waals surface area contributed by atoms with Crippen LogP contribution in [0.4, 0.5) is 15.1 Å². The molecule has 0 aromatic carbocycles. The molecule has 2 N–H and O–H groups in total. The van der Waals surface area contributed by atoms with E-state index in [1.165, 1.54) is 6.07 Å². The third-order valence-electron chi connectivity index (χ3n) is 5.01. The van der Waals surface area contributed by atoms with Gasteiger partial charge >= 0.3 is 0 Å². The lowest BCUT2D eigenvalue weighted by Crippen LogP contribution is -2.35. The molecule has 2 amide bonds. The Hall–Kier alpha value is -2.85. The van der Waals surface area contributed by atoms with Crippen LogP contribution in [-0.4, -0.2) is 50.6 Å². The van der Waals surface area contributed by atoms with E-state index >= 15 is 0 Å². The van der Waals surface area contributed by atoms with E-state index in [-0.39, 0.29) is 5.24 Å². The number of hydrogen-bond acceptors (Lipinski definition) is 8. The number of thioether (sulfide) groups is 1. The molecule has 0 saturated carbocycles. The maximum absolute atomic E-state index is 13.2. The fourth-order valence-corrected chi connectivity index (χ4v) is 4.11. The zero-order valence-electron chi connectivity index (χ0n) is 16.2. The molecule has 156 valence electrons. The quantitative estimate of drug-likeness (QED) is 0.535. The zero-order valence-corrected chi connectivity index (χ0v) is 17.0. The van der Waals surface area contributed by atoms with Gasteiger partial charge in [0, 0.05) is 19.3 Å². The maximum atomic E-state index is 13.2. The van der Waals surface area contributed by atoms with E-state index in [0.717, 1.165) is 49.9 Å². The third kappa shape index (κ3) is 5.39. The number of halogens is 1. The summed E-state index contributed by atoms with van der Waals surface area (Å²) in [6.45, 7) is 3.27. The highest BCUT2D eigenvalue weighted by Crippen LogP contribution is 2.25. The van der Waals surface area contributed by atoms with E-state index in [1.807, 2.05) is 6.07 Å². The first-order chi connectivity index (χ1) is 14.5. The number of nitrogens with zero attached hydrogens (tertiary/aromatic N) is 4. The van der Waals surface area contributed by atoms with Crippen molar-refractivity contribution in [2.75, 3.05) is 25.0 Å². The van der Waals surface area contributed by atoms with Gasteiger partial charge in [-0.25, -0.2) is 15.0 Å². The molecule has 2 aliphatic heterocycles. The second kappa shape index (κ2) is 9.31. The lowest BCUT2D eigenvalue weighted by atomic mass is 9.97. The minimum atomic E-state index is -0.441. The number of aromatic nitrogens is 3. The van der Waals surface area contributed by atoms with Crippen LogP contribution >= 0.6 is 11.8 Å². The van der Waals surface area contributed by atoms with Crippen LogP contribution < -0.4 is 10.6 Å². The molecule has 0 unspecified atom stereocenters. The predicted molar refractivity (Wildman–Crippen MR) is 112 cm³/mol. The number of nitrogens with one attached hydrogen (secondary N) is 2. The number of piperidine rings is 1. The highest BCUT2D eigenvalue weighted by molar-refractivity contribution is 8.18. The zero-order chi connectivity index (χ0) is 20.9. The molecule has 2 fully saturated rings. The van der Waals surface area contributed by atoms with Gasteiger partial charge in [-0.15, -0.1) is 0 Å². The second-order valence-electron chi connectivity index (χ2n) is 7.21. The van der Waals surface area contributed by atoms with Gasteiger partial charge in [0.1, 0.15) is 0 Å². The Morgan fingerprint density at radius 3 is 2.80 bits per heavy atom. The standard InChI is InChI=1S/C20H21FN6O2S/c21-17-3-1-2-15(24-17)12-27-8-5-13(6-9-27)11-23-19-22-7-4-14(25-19)10-16-18(28)26-20(29)30-16/h1-4,7,10,13H,5-6,8-9,11-12H2,(H,22,23,25)(H,26,28,29)/b16-10-. The number of carbonyl (C=O) groups is 2. The van der Waals surface area contributed by atoms with Crippen molar-refractivity contribution in [1.82, 2.24) is 25.2 Å². The van der Waals surface area contributed by atoms with Crippen LogP contribution in [-0.2, 0) is 11.3 Å². The molecule has 0 spiro atoms. The molecular weight excluding hydrogens is 407 g/mol. The Kier molecular flexibility index (Phi) is 6.34. The SMILES string of the molecule is O=C1NC(=O)/C(=C/c2ccnc(NCC3CCN(Cc4cccc(F)n4)CC3)n2)S1. The van der Waals surface area contributed by atoms with Gasteiger partial charge in [0.05, 0.1) is 16.3 Å². The van der Waals surface area contributed by atoms with E-state index in [2.05, 4.69) is 30.5 Å². The summed E-state index contributed by atoms with van der Waals surface area (Å²) in [7, 11) is 0. The molecule has 10 heteroatoms. The molecule has 0 atom stereocenters. The van der Waals surface area contributed by atoms with Crippen LogP contribution in [0.25, 0.3) is 6.08 Å². The Morgan fingerprint density at radius 1 is 1.23 bits per heavy atom. The topological polar surface area (TPSA) is 100 Å². The molecule has 8 nitrogen and oxygen atoms in total. The van der Waals surface area contributed by atoms with Crippen LogP contribution in [0.15, 0.2) is 35.4 Å². The Labute approximate surface area is 177 Å². The Morgan fingerprint density at radius 2 is 2.07 bits per heavy atom. The predicted octanol–water partition coefficient (Wildman–Crippen LogP) is 2.66. The molecular formula is C20H21FN6O2S. The Balaban J connectivity index is 1.26. The number of hydrogen-bond donors (Lipinski definition) is 2. The minimum Gasteiger partial charge on any atom is -0.354 e. The van der Waals surface area contributed by atoms with Crippen molar-refractivity contribution in [2.45, 2.75) is 19.4 Å². The first kappa shape index (κ1) is 20.4. The second-order valence-corrected chi connectivity index (χ2v) is 8.22. The number of amides is 2. The summed E-state index contributed by atoms with van der Waals surface area (Å²) in [5.41, 5.74) is 1.32. The van der Waals surface area contributed by atoms with Crippen LogP contribution in [0, 0.1) is 11.9 Å². The van der Waals surface area contributed by atoms with E-state index in [0.29, 0.717) is 29.0 Å². The molecule has 2 aromatic rings. The van der Waals surface area contributed by atoms with Crippen molar-refractivity contribution in [2.24, 2.45) is 5.92 Å². The van der Waals surface area contributed by atoms with Gasteiger partial charge in [-0.3, -0.25) is 19.8 Å². The molecule has 4 heterocycles. The first-order valence-electron chi connectivity index (χ1n) is 9.71. The van der Waals surface area contributed by atoms with Gasteiger partial charge in [-0.05, 0) is 67.9 Å². The molecule has 30 heavy (non-hydrogen) atoms. The number of pyridine rings is 1. The number of rotatable bonds is 6. The monoisotopic (exact) mass is 428 g/mol. The summed E-state index contributed by atoms with van der Waals surface area (Å²) in [6, 6.07) is 6.58. The van der Waals surface area contributed by atoms with Gasteiger partial charge in [-0.2, -0.15) is 4.39 Å². The first-order valence-corrected chi connectivity index (χ1v) is 10.5. The van der Waals surface area contributed by atoms with Gasteiger partial charge in [0.15, 0.2) is 0 Å². The molecule has 0 bridgehead atoms. The van der Waals surface area contributed by atoms with Crippen molar-refractivity contribution in [3.63, 3.8) is 0 Å². The van der Waals surface area contributed by atoms with Gasteiger partial charge in [0.25, 0.3) is 11.1 Å². The van der Waals surface area contributed by atoms with E-state index in [1.54, 1.807) is 24.4 Å². The van der Waals surface area contributed by atoms with Gasteiger partial charge in [-0.1, -0.05) is 6.07 Å². The van der Waals surface area contributed by atoms with Crippen LogP contribution in [0.3, 0.4) is 0 Å². The smallest absolute Gasteiger partial charge is 0.290 e. The van der Waals surface area contributed by atoms with E-state index in [9.17, 15) is 14.0 Å². The highest BCUT2D eigenvalue weighted by Gasteiger charge is 2.25. The lowest BCUT2D eigenvalue weighted by Gasteiger charge is -2.31. The van der Waals surface area contributed by atoms with Crippen LogP contribution in [0.1, 0.15) is 24.2 Å². The average Bonchev–Trinajstić information content (AvgIpc) is 3.04. The van der Waals surface area contributed by atoms with Crippen molar-refractivity contribution in [3.8, 4) is 0 Å². The summed E-state index contributed by atoms with van der Waals surface area (Å²) in [4.78, 5) is 38.1. The minimum absolute atomic E-state index is 0.324. The molecule has 0 aliphatic carbocycles. The number of imide groups is 1. The van der Waals surface area contributed by atoms with E-state index < -0.39 is 11.9 Å². The molecule has 2 saturated heterocycles.